The van der Waals surface area contributed by atoms with Gasteiger partial charge in [-0.05, 0) is 30.7 Å². The molecule has 1 aromatic rings. The predicted octanol–water partition coefficient (Wildman–Crippen LogP) is 3.79. The summed E-state index contributed by atoms with van der Waals surface area (Å²) < 4.78 is 5.36. The first kappa shape index (κ1) is 18.9. The van der Waals surface area contributed by atoms with Gasteiger partial charge in [-0.15, -0.1) is 23.1 Å². The molecule has 2 fully saturated rings. The third kappa shape index (κ3) is 5.31. The summed E-state index contributed by atoms with van der Waals surface area (Å²) in [6, 6.07) is 3.68. The predicted molar refractivity (Wildman–Crippen MR) is 103 cm³/mol. The number of thiophene rings is 1. The van der Waals surface area contributed by atoms with E-state index in [1.54, 1.807) is 23.1 Å². The largest absolute Gasteiger partial charge is 0.368 e. The van der Waals surface area contributed by atoms with Crippen LogP contribution in [0.15, 0.2) is 17.5 Å². The minimum absolute atomic E-state index is 0.00262. The minimum Gasteiger partial charge on any atom is -0.368 e. The van der Waals surface area contributed by atoms with Crippen LogP contribution in [0.5, 0.6) is 0 Å². The first-order valence-corrected chi connectivity index (χ1v) is 11.1. The Balaban J connectivity index is 1.61. The van der Waals surface area contributed by atoms with Gasteiger partial charge >= 0.3 is 0 Å². The van der Waals surface area contributed by atoms with Gasteiger partial charge in [0.1, 0.15) is 12.6 Å². The van der Waals surface area contributed by atoms with Gasteiger partial charge in [0.15, 0.2) is 5.78 Å². The van der Waals surface area contributed by atoms with E-state index >= 15 is 0 Å². The fraction of sp³-hybridized carbons (Fsp3) is 0.684. The van der Waals surface area contributed by atoms with Crippen LogP contribution >= 0.6 is 23.1 Å². The number of thioether (sulfide) groups is 1. The molecule has 0 aromatic carbocycles. The Hall–Kier alpha value is -0.850. The molecule has 3 rings (SSSR count). The second kappa shape index (κ2) is 9.19. The molecule has 3 unspecified atom stereocenters. The zero-order valence-electron chi connectivity index (χ0n) is 14.7. The van der Waals surface area contributed by atoms with Crippen molar-refractivity contribution in [3.8, 4) is 0 Å². The summed E-state index contributed by atoms with van der Waals surface area (Å²) in [4.78, 5) is 26.1. The van der Waals surface area contributed by atoms with Gasteiger partial charge in [0.05, 0.1) is 11.4 Å². The van der Waals surface area contributed by atoms with Gasteiger partial charge in [0.25, 0.3) is 0 Å². The number of carbonyl (C=O) groups excluding carboxylic acids is 2. The number of carbonyl (C=O) groups is 2. The Labute approximate surface area is 158 Å². The number of hydrogen-bond donors (Lipinski definition) is 1. The molecule has 2 heterocycles. The van der Waals surface area contributed by atoms with E-state index in [2.05, 4.69) is 16.8 Å². The van der Waals surface area contributed by atoms with Gasteiger partial charge in [-0.1, -0.05) is 38.2 Å². The molecule has 2 aliphatic rings. The van der Waals surface area contributed by atoms with Crippen LogP contribution in [0.4, 0.5) is 0 Å². The molecule has 0 radical (unpaired) electrons. The third-order valence-corrected chi connectivity index (χ3v) is 7.52. The molecule has 1 aliphatic carbocycles. The molecule has 1 saturated heterocycles. The van der Waals surface area contributed by atoms with E-state index in [-0.39, 0.29) is 29.7 Å². The van der Waals surface area contributed by atoms with E-state index in [0.717, 1.165) is 12.2 Å². The number of rotatable bonds is 7. The van der Waals surface area contributed by atoms with Crippen LogP contribution in [0.25, 0.3) is 0 Å². The number of amides is 1. The Kier molecular flexibility index (Phi) is 6.96. The SMILES string of the molecule is CC1OCC(=O)C1NC(=O)C(CC1CCCCC1)SCc1cccs1. The van der Waals surface area contributed by atoms with Crippen LogP contribution < -0.4 is 5.32 Å². The van der Waals surface area contributed by atoms with Crippen LogP contribution in [0, 0.1) is 5.92 Å². The van der Waals surface area contributed by atoms with E-state index in [0.29, 0.717) is 5.92 Å². The van der Waals surface area contributed by atoms with Gasteiger partial charge in [0, 0.05) is 10.6 Å². The van der Waals surface area contributed by atoms with Crippen LogP contribution in [0.2, 0.25) is 0 Å². The van der Waals surface area contributed by atoms with Crippen LogP contribution in [-0.4, -0.2) is 35.7 Å². The molecule has 1 saturated carbocycles. The van der Waals surface area contributed by atoms with Gasteiger partial charge in [-0.25, -0.2) is 0 Å². The van der Waals surface area contributed by atoms with E-state index in [1.807, 2.05) is 13.0 Å². The van der Waals surface area contributed by atoms with E-state index < -0.39 is 6.04 Å². The van der Waals surface area contributed by atoms with Crippen LogP contribution in [0.1, 0.15) is 50.3 Å². The molecule has 1 amide bonds. The zero-order chi connectivity index (χ0) is 17.6. The molecule has 0 bridgehead atoms. The van der Waals surface area contributed by atoms with Crippen molar-refractivity contribution in [3.63, 3.8) is 0 Å². The van der Waals surface area contributed by atoms with E-state index in [9.17, 15) is 9.59 Å². The fourth-order valence-corrected chi connectivity index (χ4v) is 5.71. The molecule has 1 N–H and O–H groups in total. The molecule has 4 nitrogen and oxygen atoms in total. The van der Waals surface area contributed by atoms with Crippen molar-refractivity contribution in [1.29, 1.82) is 0 Å². The highest BCUT2D eigenvalue weighted by atomic mass is 32.2. The smallest absolute Gasteiger partial charge is 0.233 e. The fourth-order valence-electron chi connectivity index (χ4n) is 3.66. The van der Waals surface area contributed by atoms with Crippen molar-refractivity contribution in [2.75, 3.05) is 6.61 Å². The normalized spacial score (nSPS) is 25.9. The van der Waals surface area contributed by atoms with Crippen molar-refractivity contribution >= 4 is 34.8 Å². The van der Waals surface area contributed by atoms with Crippen molar-refractivity contribution in [2.45, 2.75) is 68.6 Å². The summed E-state index contributed by atoms with van der Waals surface area (Å²) in [6.45, 7) is 1.96. The maximum atomic E-state index is 12.9. The molecule has 1 aromatic heterocycles. The number of ketones is 1. The van der Waals surface area contributed by atoms with Crippen molar-refractivity contribution in [3.05, 3.63) is 22.4 Å². The topological polar surface area (TPSA) is 55.4 Å². The highest BCUT2D eigenvalue weighted by Crippen LogP contribution is 2.33. The highest BCUT2D eigenvalue weighted by molar-refractivity contribution is 7.99. The number of hydrogen-bond acceptors (Lipinski definition) is 5. The molecule has 3 atom stereocenters. The second-order valence-corrected chi connectivity index (χ2v) is 9.31. The highest BCUT2D eigenvalue weighted by Gasteiger charge is 2.36. The summed E-state index contributed by atoms with van der Waals surface area (Å²) in [6.07, 6.45) is 7.02. The number of nitrogens with one attached hydrogen (secondary N) is 1. The standard InChI is InChI=1S/C19H27NO3S2/c1-13-18(16(21)11-23-13)20-19(22)17(10-14-6-3-2-4-7-14)25-12-15-8-5-9-24-15/h5,8-9,13-14,17-18H,2-4,6-7,10-12H2,1H3,(H,20,22). The summed E-state index contributed by atoms with van der Waals surface area (Å²) in [5, 5.41) is 4.95. The Morgan fingerprint density at radius 1 is 1.40 bits per heavy atom. The third-order valence-electron chi connectivity index (χ3n) is 5.17. The molecular weight excluding hydrogens is 354 g/mol. The Morgan fingerprint density at radius 3 is 2.84 bits per heavy atom. The summed E-state index contributed by atoms with van der Waals surface area (Å²) in [7, 11) is 0. The second-order valence-electron chi connectivity index (χ2n) is 7.09. The minimum atomic E-state index is -0.483. The van der Waals surface area contributed by atoms with Gasteiger partial charge in [-0.3, -0.25) is 9.59 Å². The number of ether oxygens (including phenoxy) is 1. The van der Waals surface area contributed by atoms with Crippen LogP contribution in [-0.2, 0) is 20.1 Å². The average molecular weight is 382 g/mol. The quantitative estimate of drug-likeness (QED) is 0.781. The molecule has 6 heteroatoms. The Morgan fingerprint density at radius 2 is 2.20 bits per heavy atom. The molecule has 25 heavy (non-hydrogen) atoms. The zero-order valence-corrected chi connectivity index (χ0v) is 16.4. The lowest BCUT2D eigenvalue weighted by Crippen LogP contribution is -2.47. The lowest BCUT2D eigenvalue weighted by molar-refractivity contribution is -0.126. The molecule has 1 aliphatic heterocycles. The molecule has 138 valence electrons. The van der Waals surface area contributed by atoms with Crippen LogP contribution in [0.3, 0.4) is 0 Å². The molecule has 0 spiro atoms. The van der Waals surface area contributed by atoms with Gasteiger partial charge in [-0.2, -0.15) is 0 Å². The van der Waals surface area contributed by atoms with E-state index in [4.69, 9.17) is 4.74 Å². The summed E-state index contributed by atoms with van der Waals surface area (Å²) in [5.74, 6) is 1.48. The lowest BCUT2D eigenvalue weighted by atomic mass is 9.86. The Bertz CT molecular complexity index is 569. The molecular formula is C19H27NO3S2. The number of Topliss-reactive ketones (excluding diaryl/α,β-unsaturated/α-hetero) is 1. The van der Waals surface area contributed by atoms with Gasteiger partial charge < -0.3 is 10.1 Å². The maximum absolute atomic E-state index is 12.9. The monoisotopic (exact) mass is 381 g/mol. The maximum Gasteiger partial charge on any atom is 0.233 e. The first-order valence-electron chi connectivity index (χ1n) is 9.22. The average Bonchev–Trinajstić information content (AvgIpc) is 3.24. The first-order chi connectivity index (χ1) is 12.1. The van der Waals surface area contributed by atoms with Gasteiger partial charge in [0.2, 0.25) is 5.91 Å². The van der Waals surface area contributed by atoms with Crippen molar-refractivity contribution < 1.29 is 14.3 Å². The summed E-state index contributed by atoms with van der Waals surface area (Å²) in [5.41, 5.74) is 0. The van der Waals surface area contributed by atoms with Crippen molar-refractivity contribution in [2.24, 2.45) is 5.92 Å². The lowest BCUT2D eigenvalue weighted by Gasteiger charge is -2.27. The van der Waals surface area contributed by atoms with E-state index in [1.165, 1.54) is 37.0 Å². The summed E-state index contributed by atoms with van der Waals surface area (Å²) >= 11 is 3.44. The van der Waals surface area contributed by atoms with Crippen molar-refractivity contribution in [1.82, 2.24) is 5.32 Å².